The third-order valence-corrected chi connectivity index (χ3v) is 5.11. The molecule has 1 rings (SSSR count). The molecule has 0 radical (unpaired) electrons. The van der Waals surface area contributed by atoms with Gasteiger partial charge in [-0.2, -0.15) is 0 Å². The Morgan fingerprint density at radius 3 is 2.22 bits per heavy atom. The molecule has 0 fully saturated rings. The lowest BCUT2D eigenvalue weighted by Gasteiger charge is -2.24. The molecule has 0 amide bonds. The second-order valence-electron chi connectivity index (χ2n) is 4.99. The molecular formula is C13H20ClNO2S. The first-order chi connectivity index (χ1) is 8.30. The first kappa shape index (κ1) is 15.3. The smallest absolute Gasteiger partial charge is 0.178 e. The summed E-state index contributed by atoms with van der Waals surface area (Å²) < 4.78 is 23.7. The van der Waals surface area contributed by atoms with Crippen molar-refractivity contribution in [1.82, 2.24) is 0 Å². The van der Waals surface area contributed by atoms with Gasteiger partial charge in [0.25, 0.3) is 0 Å². The fraction of sp³-hybridized carbons (Fsp3) is 0.538. The van der Waals surface area contributed by atoms with Crippen molar-refractivity contribution in [3.05, 3.63) is 24.3 Å². The van der Waals surface area contributed by atoms with Crippen LogP contribution in [0.4, 0.5) is 5.69 Å². The number of alkyl halides is 1. The van der Waals surface area contributed by atoms with Crippen LogP contribution in [0.3, 0.4) is 0 Å². The molecule has 0 bridgehead atoms. The van der Waals surface area contributed by atoms with Gasteiger partial charge in [0.1, 0.15) is 0 Å². The minimum atomic E-state index is -3.13. The van der Waals surface area contributed by atoms with Crippen LogP contribution in [0.1, 0.15) is 27.2 Å². The van der Waals surface area contributed by atoms with Crippen LogP contribution in [0.2, 0.25) is 0 Å². The molecule has 1 N–H and O–H groups in total. The second-order valence-corrected chi connectivity index (χ2v) is 7.36. The Bertz CT molecular complexity index is 480. The lowest BCUT2D eigenvalue weighted by molar-refractivity contribution is 0.594. The molecule has 0 heterocycles. The van der Waals surface area contributed by atoms with Crippen LogP contribution in [0.25, 0.3) is 0 Å². The predicted molar refractivity (Wildman–Crippen MR) is 77.2 cm³/mol. The largest absolute Gasteiger partial charge is 0.379 e. The first-order valence-electron chi connectivity index (χ1n) is 5.98. The molecule has 18 heavy (non-hydrogen) atoms. The second kappa shape index (κ2) is 5.93. The van der Waals surface area contributed by atoms with Crippen LogP contribution in [-0.2, 0) is 9.84 Å². The first-order valence-corrected chi connectivity index (χ1v) is 8.16. The number of sulfone groups is 1. The molecule has 0 atom stereocenters. The molecule has 0 saturated carbocycles. The van der Waals surface area contributed by atoms with Crippen molar-refractivity contribution in [1.29, 1.82) is 0 Å². The molecule has 0 unspecified atom stereocenters. The molecule has 0 aliphatic rings. The van der Waals surface area contributed by atoms with Crippen molar-refractivity contribution in [2.24, 2.45) is 0 Å². The minimum Gasteiger partial charge on any atom is -0.379 e. The van der Waals surface area contributed by atoms with E-state index in [0.29, 0.717) is 17.2 Å². The quantitative estimate of drug-likeness (QED) is 0.817. The molecule has 0 aliphatic heterocycles. The summed E-state index contributed by atoms with van der Waals surface area (Å²) in [6.45, 7) is 5.83. The number of anilines is 1. The van der Waals surface area contributed by atoms with E-state index in [-0.39, 0.29) is 11.3 Å². The molecule has 1 aromatic carbocycles. The molecule has 3 nitrogen and oxygen atoms in total. The van der Waals surface area contributed by atoms with E-state index in [2.05, 4.69) is 5.32 Å². The van der Waals surface area contributed by atoms with E-state index in [1.807, 2.05) is 20.8 Å². The SMILES string of the molecule is CCCS(=O)(=O)c1ccc(NC(C)(C)CCl)cc1. The number of hydrogen-bond donors (Lipinski definition) is 1. The predicted octanol–water partition coefficient (Wildman–Crippen LogP) is 3.30. The van der Waals surface area contributed by atoms with E-state index in [1.165, 1.54) is 0 Å². The minimum absolute atomic E-state index is 0.187. The fourth-order valence-electron chi connectivity index (χ4n) is 1.56. The summed E-state index contributed by atoms with van der Waals surface area (Å²) in [5.41, 5.74) is 0.654. The number of nitrogens with one attached hydrogen (secondary N) is 1. The third kappa shape index (κ3) is 4.18. The van der Waals surface area contributed by atoms with Crippen molar-refractivity contribution in [3.8, 4) is 0 Å². The van der Waals surface area contributed by atoms with Crippen molar-refractivity contribution in [3.63, 3.8) is 0 Å². The molecule has 0 aromatic heterocycles. The molecule has 5 heteroatoms. The summed E-state index contributed by atoms with van der Waals surface area (Å²) >= 11 is 5.83. The highest BCUT2D eigenvalue weighted by atomic mass is 35.5. The summed E-state index contributed by atoms with van der Waals surface area (Å²) in [7, 11) is -3.13. The summed E-state index contributed by atoms with van der Waals surface area (Å²) in [6, 6.07) is 6.82. The van der Waals surface area contributed by atoms with Crippen LogP contribution in [0.15, 0.2) is 29.2 Å². The maximum absolute atomic E-state index is 11.8. The number of rotatable bonds is 6. The van der Waals surface area contributed by atoms with Crippen molar-refractivity contribution < 1.29 is 8.42 Å². The zero-order valence-corrected chi connectivity index (χ0v) is 12.6. The van der Waals surface area contributed by atoms with Gasteiger partial charge in [-0.05, 0) is 44.5 Å². The maximum atomic E-state index is 11.8. The maximum Gasteiger partial charge on any atom is 0.178 e. The van der Waals surface area contributed by atoms with Gasteiger partial charge in [0.2, 0.25) is 0 Å². The van der Waals surface area contributed by atoms with Crippen LogP contribution < -0.4 is 5.32 Å². The Balaban J connectivity index is 2.87. The normalized spacial score (nSPS) is 12.4. The van der Waals surface area contributed by atoms with E-state index in [9.17, 15) is 8.42 Å². The number of hydrogen-bond acceptors (Lipinski definition) is 3. The monoisotopic (exact) mass is 289 g/mol. The van der Waals surface area contributed by atoms with Crippen LogP contribution in [-0.4, -0.2) is 25.6 Å². The van der Waals surface area contributed by atoms with Crippen molar-refractivity contribution in [2.75, 3.05) is 16.9 Å². The average Bonchev–Trinajstić information content (AvgIpc) is 2.29. The van der Waals surface area contributed by atoms with E-state index < -0.39 is 9.84 Å². The Hall–Kier alpha value is -0.740. The van der Waals surface area contributed by atoms with Crippen LogP contribution in [0.5, 0.6) is 0 Å². The lowest BCUT2D eigenvalue weighted by Crippen LogP contribution is -2.32. The van der Waals surface area contributed by atoms with E-state index in [4.69, 9.17) is 11.6 Å². The Morgan fingerprint density at radius 1 is 1.22 bits per heavy atom. The van der Waals surface area contributed by atoms with Gasteiger partial charge in [-0.25, -0.2) is 8.42 Å². The van der Waals surface area contributed by atoms with Gasteiger partial charge in [0, 0.05) is 17.1 Å². The van der Waals surface area contributed by atoms with E-state index >= 15 is 0 Å². The highest BCUT2D eigenvalue weighted by Crippen LogP contribution is 2.19. The van der Waals surface area contributed by atoms with E-state index in [0.717, 1.165) is 5.69 Å². The molecule has 0 saturated heterocycles. The molecule has 0 spiro atoms. The summed E-state index contributed by atoms with van der Waals surface area (Å²) in [6.07, 6.45) is 0.627. The average molecular weight is 290 g/mol. The van der Waals surface area contributed by atoms with Gasteiger partial charge >= 0.3 is 0 Å². The van der Waals surface area contributed by atoms with E-state index in [1.54, 1.807) is 24.3 Å². The van der Waals surface area contributed by atoms with Gasteiger partial charge in [-0.15, -0.1) is 11.6 Å². The van der Waals surface area contributed by atoms with Crippen LogP contribution >= 0.6 is 11.6 Å². The number of halogens is 1. The Labute approximate surface area is 114 Å². The zero-order chi connectivity index (χ0) is 13.8. The standard InChI is InChI=1S/C13H20ClNO2S/c1-4-9-18(16,17)12-7-5-11(6-8-12)15-13(2,3)10-14/h5-8,15H,4,9-10H2,1-3H3. The lowest BCUT2D eigenvalue weighted by atomic mass is 10.1. The van der Waals surface area contributed by atoms with Gasteiger partial charge < -0.3 is 5.32 Å². The summed E-state index contributed by atoms with van der Waals surface area (Å²) in [5.74, 6) is 0.663. The Kier molecular flexibility index (Phi) is 5.05. The van der Waals surface area contributed by atoms with Crippen molar-refractivity contribution in [2.45, 2.75) is 37.6 Å². The van der Waals surface area contributed by atoms with Gasteiger partial charge in [0.05, 0.1) is 10.6 Å². The van der Waals surface area contributed by atoms with Crippen LogP contribution in [0, 0.1) is 0 Å². The van der Waals surface area contributed by atoms with Crippen molar-refractivity contribution >= 4 is 27.1 Å². The number of benzene rings is 1. The molecule has 1 aromatic rings. The highest BCUT2D eigenvalue weighted by Gasteiger charge is 2.16. The summed E-state index contributed by atoms with van der Waals surface area (Å²) in [4.78, 5) is 0.374. The third-order valence-electron chi connectivity index (χ3n) is 2.50. The molecular weight excluding hydrogens is 270 g/mol. The molecule has 102 valence electrons. The fourth-order valence-corrected chi connectivity index (χ4v) is 2.95. The zero-order valence-electron chi connectivity index (χ0n) is 11.0. The highest BCUT2D eigenvalue weighted by molar-refractivity contribution is 7.91. The van der Waals surface area contributed by atoms with Gasteiger partial charge in [0.15, 0.2) is 9.84 Å². The topological polar surface area (TPSA) is 46.2 Å². The Morgan fingerprint density at radius 2 is 1.78 bits per heavy atom. The molecule has 0 aliphatic carbocycles. The van der Waals surface area contributed by atoms with Gasteiger partial charge in [-0.1, -0.05) is 6.92 Å². The summed E-state index contributed by atoms with van der Waals surface area (Å²) in [5, 5.41) is 3.25. The van der Waals surface area contributed by atoms with Gasteiger partial charge in [-0.3, -0.25) is 0 Å².